The Kier molecular flexibility index (Phi) is 5.34. The zero-order valence-corrected chi connectivity index (χ0v) is 13.2. The van der Waals surface area contributed by atoms with Crippen molar-refractivity contribution >= 4 is 5.91 Å². The number of benzene rings is 1. The minimum Gasteiger partial charge on any atom is -0.336 e. The molecule has 0 aromatic heterocycles. The summed E-state index contributed by atoms with van der Waals surface area (Å²) in [6.45, 7) is 8.71. The number of nitrogens with one attached hydrogen (secondary N) is 1. The zero-order valence-electron chi connectivity index (χ0n) is 13.2. The second-order valence-corrected chi connectivity index (χ2v) is 6.20. The van der Waals surface area contributed by atoms with E-state index >= 15 is 0 Å². The van der Waals surface area contributed by atoms with E-state index in [9.17, 15) is 9.18 Å². The molecule has 0 atom stereocenters. The van der Waals surface area contributed by atoms with Gasteiger partial charge >= 0.3 is 0 Å². The Hall–Kier alpha value is -1.42. The number of aryl methyl sites for hydroxylation is 1. The van der Waals surface area contributed by atoms with Crippen molar-refractivity contribution in [2.24, 2.45) is 5.92 Å². The molecule has 0 spiro atoms. The molecule has 2 rings (SSSR count). The average Bonchev–Trinajstić information content (AvgIpc) is 2.45. The third-order valence-electron chi connectivity index (χ3n) is 4.22. The fourth-order valence-electron chi connectivity index (χ4n) is 2.89. The highest BCUT2D eigenvalue weighted by atomic mass is 19.1. The van der Waals surface area contributed by atoms with Gasteiger partial charge in [0.05, 0.1) is 0 Å². The SMILES string of the molecule is Cc1cc(F)ccc1C(=O)N(CC1CCNCC1)C(C)C. The Morgan fingerprint density at radius 3 is 2.62 bits per heavy atom. The topological polar surface area (TPSA) is 32.3 Å². The van der Waals surface area contributed by atoms with Crippen LogP contribution in [0.3, 0.4) is 0 Å². The third kappa shape index (κ3) is 4.03. The van der Waals surface area contributed by atoms with Gasteiger partial charge in [-0.2, -0.15) is 0 Å². The van der Waals surface area contributed by atoms with Crippen molar-refractivity contribution in [2.75, 3.05) is 19.6 Å². The lowest BCUT2D eigenvalue weighted by Crippen LogP contribution is -2.43. The lowest BCUT2D eigenvalue weighted by atomic mass is 9.96. The van der Waals surface area contributed by atoms with Crippen LogP contribution < -0.4 is 5.32 Å². The van der Waals surface area contributed by atoms with Crippen molar-refractivity contribution in [3.63, 3.8) is 0 Å². The van der Waals surface area contributed by atoms with E-state index in [0.717, 1.165) is 32.5 Å². The van der Waals surface area contributed by atoms with Crippen molar-refractivity contribution in [3.8, 4) is 0 Å². The maximum atomic E-state index is 13.2. The molecule has 1 fully saturated rings. The molecule has 1 aromatic rings. The normalized spacial score (nSPS) is 16.2. The summed E-state index contributed by atoms with van der Waals surface area (Å²) in [5.41, 5.74) is 1.31. The van der Waals surface area contributed by atoms with E-state index in [1.807, 2.05) is 18.7 Å². The van der Waals surface area contributed by atoms with E-state index < -0.39 is 0 Å². The first-order chi connectivity index (χ1) is 9.99. The van der Waals surface area contributed by atoms with Gasteiger partial charge in [0, 0.05) is 18.2 Å². The number of rotatable bonds is 4. The minimum atomic E-state index is -0.293. The Bertz CT molecular complexity index is 496. The molecule has 1 amide bonds. The Labute approximate surface area is 126 Å². The van der Waals surface area contributed by atoms with Crippen LogP contribution in [0, 0.1) is 18.7 Å². The summed E-state index contributed by atoms with van der Waals surface area (Å²) in [7, 11) is 0. The molecule has 3 nitrogen and oxygen atoms in total. The van der Waals surface area contributed by atoms with Crippen LogP contribution in [0.5, 0.6) is 0 Å². The molecule has 0 aliphatic carbocycles. The highest BCUT2D eigenvalue weighted by molar-refractivity contribution is 5.95. The molecule has 0 unspecified atom stereocenters. The molecule has 116 valence electrons. The standard InChI is InChI=1S/C17H25FN2O/c1-12(2)20(11-14-6-8-19-9-7-14)17(21)16-5-4-15(18)10-13(16)3/h4-5,10,12,14,19H,6-9,11H2,1-3H3. The molecular weight excluding hydrogens is 267 g/mol. The number of halogens is 1. The van der Waals surface area contributed by atoms with Crippen LogP contribution in [0.1, 0.15) is 42.6 Å². The number of carbonyl (C=O) groups excluding carboxylic acids is 1. The number of carbonyl (C=O) groups is 1. The van der Waals surface area contributed by atoms with Gasteiger partial charge in [0.15, 0.2) is 0 Å². The molecule has 1 aliphatic heterocycles. The van der Waals surface area contributed by atoms with Gasteiger partial charge in [0.1, 0.15) is 5.82 Å². The highest BCUT2D eigenvalue weighted by Crippen LogP contribution is 2.19. The van der Waals surface area contributed by atoms with Crippen LogP contribution in [-0.2, 0) is 0 Å². The van der Waals surface area contributed by atoms with Gasteiger partial charge < -0.3 is 10.2 Å². The fraction of sp³-hybridized carbons (Fsp3) is 0.588. The zero-order chi connectivity index (χ0) is 15.4. The quantitative estimate of drug-likeness (QED) is 0.925. The monoisotopic (exact) mass is 292 g/mol. The van der Waals surface area contributed by atoms with Crippen LogP contribution in [-0.4, -0.2) is 36.5 Å². The largest absolute Gasteiger partial charge is 0.336 e. The van der Waals surface area contributed by atoms with E-state index in [1.165, 1.54) is 12.1 Å². The second kappa shape index (κ2) is 7.03. The van der Waals surface area contributed by atoms with Crippen LogP contribution in [0.2, 0.25) is 0 Å². The lowest BCUT2D eigenvalue weighted by molar-refractivity contribution is 0.0657. The molecular formula is C17H25FN2O. The first kappa shape index (κ1) is 16.0. The van der Waals surface area contributed by atoms with Crippen LogP contribution >= 0.6 is 0 Å². The number of hydrogen-bond donors (Lipinski definition) is 1. The van der Waals surface area contributed by atoms with E-state index in [-0.39, 0.29) is 17.8 Å². The summed E-state index contributed by atoms with van der Waals surface area (Å²) in [4.78, 5) is 14.7. The first-order valence-electron chi connectivity index (χ1n) is 7.77. The third-order valence-corrected chi connectivity index (χ3v) is 4.22. The second-order valence-electron chi connectivity index (χ2n) is 6.20. The van der Waals surface area contributed by atoms with E-state index in [2.05, 4.69) is 5.32 Å². The summed E-state index contributed by atoms with van der Waals surface area (Å²) < 4.78 is 13.2. The predicted octanol–water partition coefficient (Wildman–Crippen LogP) is 2.98. The molecule has 1 aliphatic rings. The van der Waals surface area contributed by atoms with Crippen LogP contribution in [0.4, 0.5) is 4.39 Å². The molecule has 0 bridgehead atoms. The van der Waals surface area contributed by atoms with Crippen LogP contribution in [0.25, 0.3) is 0 Å². The van der Waals surface area contributed by atoms with Crippen LogP contribution in [0.15, 0.2) is 18.2 Å². The van der Waals surface area contributed by atoms with Gasteiger partial charge in [-0.1, -0.05) is 0 Å². The van der Waals surface area contributed by atoms with Crippen molar-refractivity contribution in [1.29, 1.82) is 0 Å². The van der Waals surface area contributed by atoms with E-state index in [0.29, 0.717) is 17.0 Å². The Morgan fingerprint density at radius 2 is 2.05 bits per heavy atom. The van der Waals surface area contributed by atoms with Crippen molar-refractivity contribution in [1.82, 2.24) is 10.2 Å². The van der Waals surface area contributed by atoms with Crippen molar-refractivity contribution < 1.29 is 9.18 Å². The number of piperidine rings is 1. The van der Waals surface area contributed by atoms with E-state index in [4.69, 9.17) is 0 Å². The molecule has 4 heteroatoms. The Balaban J connectivity index is 2.14. The summed E-state index contributed by atoms with van der Waals surface area (Å²) in [6, 6.07) is 4.54. The van der Waals surface area contributed by atoms with Gasteiger partial charge in [-0.15, -0.1) is 0 Å². The highest BCUT2D eigenvalue weighted by Gasteiger charge is 2.24. The van der Waals surface area contributed by atoms with Gasteiger partial charge in [-0.05, 0) is 76.4 Å². The minimum absolute atomic E-state index is 0.0148. The first-order valence-corrected chi connectivity index (χ1v) is 7.77. The predicted molar refractivity (Wildman–Crippen MR) is 82.9 cm³/mol. The molecule has 1 heterocycles. The van der Waals surface area contributed by atoms with Gasteiger partial charge in [0.2, 0.25) is 0 Å². The Morgan fingerprint density at radius 1 is 1.38 bits per heavy atom. The average molecular weight is 292 g/mol. The molecule has 1 N–H and O–H groups in total. The summed E-state index contributed by atoms with van der Waals surface area (Å²) >= 11 is 0. The number of amides is 1. The molecule has 0 radical (unpaired) electrons. The molecule has 0 saturated carbocycles. The van der Waals surface area contributed by atoms with Crippen molar-refractivity contribution in [3.05, 3.63) is 35.1 Å². The molecule has 1 aromatic carbocycles. The lowest BCUT2D eigenvalue weighted by Gasteiger charge is -2.33. The molecule has 1 saturated heterocycles. The smallest absolute Gasteiger partial charge is 0.254 e. The fourth-order valence-corrected chi connectivity index (χ4v) is 2.89. The maximum absolute atomic E-state index is 13.2. The molecule has 21 heavy (non-hydrogen) atoms. The van der Waals surface area contributed by atoms with E-state index in [1.54, 1.807) is 13.0 Å². The van der Waals surface area contributed by atoms with Gasteiger partial charge in [0.25, 0.3) is 5.91 Å². The van der Waals surface area contributed by atoms with Gasteiger partial charge in [-0.3, -0.25) is 4.79 Å². The summed E-state index contributed by atoms with van der Waals surface area (Å²) in [5.74, 6) is 0.276. The summed E-state index contributed by atoms with van der Waals surface area (Å²) in [5, 5.41) is 3.35. The number of hydrogen-bond acceptors (Lipinski definition) is 2. The summed E-state index contributed by atoms with van der Waals surface area (Å²) in [6.07, 6.45) is 2.22. The van der Waals surface area contributed by atoms with Crippen molar-refractivity contribution in [2.45, 2.75) is 39.7 Å². The van der Waals surface area contributed by atoms with Gasteiger partial charge in [-0.25, -0.2) is 4.39 Å². The maximum Gasteiger partial charge on any atom is 0.254 e. The number of nitrogens with zero attached hydrogens (tertiary/aromatic N) is 1.